The lowest BCUT2D eigenvalue weighted by molar-refractivity contribution is 0.156. The van der Waals surface area contributed by atoms with Crippen LogP contribution >= 0.6 is 0 Å². The fourth-order valence-corrected chi connectivity index (χ4v) is 2.13. The first kappa shape index (κ1) is 11.8. The average molecular weight is 237 g/mol. The van der Waals surface area contributed by atoms with E-state index < -0.39 is 13.0 Å². The summed E-state index contributed by atoms with van der Waals surface area (Å²) in [5, 5.41) is 9.03. The van der Waals surface area contributed by atoms with Gasteiger partial charge in [-0.25, -0.2) is 13.8 Å². The van der Waals surface area contributed by atoms with Gasteiger partial charge < -0.3 is 4.90 Å². The smallest absolute Gasteiger partial charge is 0.255 e. The van der Waals surface area contributed by atoms with Crippen molar-refractivity contribution in [2.45, 2.75) is 25.7 Å². The van der Waals surface area contributed by atoms with E-state index in [-0.39, 0.29) is 0 Å². The van der Waals surface area contributed by atoms with Crippen LogP contribution in [0.3, 0.4) is 0 Å². The molecule has 0 N–H and O–H groups in total. The number of aryl methyl sites for hydroxylation is 2. The van der Waals surface area contributed by atoms with Crippen molar-refractivity contribution in [3.05, 3.63) is 22.9 Å². The second kappa shape index (κ2) is 4.66. The van der Waals surface area contributed by atoms with Crippen LogP contribution in [-0.4, -0.2) is 25.0 Å². The van der Waals surface area contributed by atoms with Crippen molar-refractivity contribution >= 4 is 5.82 Å². The van der Waals surface area contributed by atoms with Gasteiger partial charge >= 0.3 is 0 Å². The van der Waals surface area contributed by atoms with Crippen LogP contribution in [0.5, 0.6) is 0 Å². The van der Waals surface area contributed by atoms with Gasteiger partial charge in [0.15, 0.2) is 0 Å². The first-order chi connectivity index (χ1) is 8.11. The number of alkyl halides is 2. The van der Waals surface area contributed by atoms with Gasteiger partial charge in [0.1, 0.15) is 11.9 Å². The van der Waals surface area contributed by atoms with Crippen molar-refractivity contribution in [3.8, 4) is 6.07 Å². The predicted molar refractivity (Wildman–Crippen MR) is 60.3 cm³/mol. The highest BCUT2D eigenvalue weighted by atomic mass is 19.3. The molecule has 0 bridgehead atoms. The SMILES string of the molecule is CN(CC(F)F)c1nc2c(cc1C#N)CCC2. The number of nitriles is 1. The number of aromatic nitrogens is 1. The van der Waals surface area contributed by atoms with E-state index in [2.05, 4.69) is 4.98 Å². The van der Waals surface area contributed by atoms with E-state index in [1.54, 1.807) is 6.07 Å². The van der Waals surface area contributed by atoms with E-state index in [4.69, 9.17) is 5.26 Å². The van der Waals surface area contributed by atoms with Crippen molar-refractivity contribution < 1.29 is 8.78 Å². The normalized spacial score (nSPS) is 13.6. The molecule has 3 nitrogen and oxygen atoms in total. The second-order valence-corrected chi connectivity index (χ2v) is 4.20. The molecule has 0 spiro atoms. The monoisotopic (exact) mass is 237 g/mol. The maximum Gasteiger partial charge on any atom is 0.255 e. The summed E-state index contributed by atoms with van der Waals surface area (Å²) in [4.78, 5) is 5.70. The summed E-state index contributed by atoms with van der Waals surface area (Å²) in [6, 6.07) is 3.81. The summed E-state index contributed by atoms with van der Waals surface area (Å²) in [6.07, 6.45) is 0.392. The van der Waals surface area contributed by atoms with Crippen LogP contribution in [0.25, 0.3) is 0 Å². The molecular formula is C12H13F2N3. The summed E-state index contributed by atoms with van der Waals surface area (Å²) in [7, 11) is 1.54. The van der Waals surface area contributed by atoms with Crippen molar-refractivity contribution in [2.24, 2.45) is 0 Å². The average Bonchev–Trinajstić information content (AvgIpc) is 2.73. The first-order valence-corrected chi connectivity index (χ1v) is 5.54. The van der Waals surface area contributed by atoms with Crippen LogP contribution in [0.15, 0.2) is 6.07 Å². The highest BCUT2D eigenvalue weighted by Crippen LogP contribution is 2.26. The Labute approximate surface area is 98.7 Å². The van der Waals surface area contributed by atoms with Crippen LogP contribution in [0.1, 0.15) is 23.2 Å². The molecule has 0 saturated carbocycles. The minimum atomic E-state index is -2.43. The zero-order chi connectivity index (χ0) is 12.4. The molecule has 1 aromatic rings. The molecule has 2 rings (SSSR count). The molecule has 0 aliphatic heterocycles. The Balaban J connectivity index is 2.36. The van der Waals surface area contributed by atoms with Gasteiger partial charge in [0.25, 0.3) is 6.43 Å². The third-order valence-corrected chi connectivity index (χ3v) is 2.92. The van der Waals surface area contributed by atoms with Crippen molar-refractivity contribution in [3.63, 3.8) is 0 Å². The lowest BCUT2D eigenvalue weighted by atomic mass is 10.1. The lowest BCUT2D eigenvalue weighted by Gasteiger charge is -2.19. The number of hydrogen-bond acceptors (Lipinski definition) is 3. The number of fused-ring (bicyclic) bond motifs is 1. The van der Waals surface area contributed by atoms with E-state index in [9.17, 15) is 8.78 Å². The number of halogens is 2. The van der Waals surface area contributed by atoms with E-state index in [0.29, 0.717) is 11.4 Å². The Morgan fingerprint density at radius 3 is 2.94 bits per heavy atom. The van der Waals surface area contributed by atoms with Gasteiger partial charge in [-0.1, -0.05) is 0 Å². The first-order valence-electron chi connectivity index (χ1n) is 5.54. The molecule has 0 radical (unpaired) electrons. The predicted octanol–water partition coefficient (Wildman–Crippen LogP) is 2.14. The standard InChI is InChI=1S/C12H13F2N3/c1-17(7-11(13)14)12-9(6-15)5-8-3-2-4-10(8)16-12/h5,11H,2-4,7H2,1H3. The van der Waals surface area contributed by atoms with Crippen LogP contribution in [0.2, 0.25) is 0 Å². The van der Waals surface area contributed by atoms with Crippen molar-refractivity contribution in [1.82, 2.24) is 4.98 Å². The topological polar surface area (TPSA) is 39.9 Å². The van der Waals surface area contributed by atoms with E-state index in [1.807, 2.05) is 6.07 Å². The third kappa shape index (κ3) is 2.36. The summed E-state index contributed by atoms with van der Waals surface area (Å²) in [5.41, 5.74) is 2.41. The maximum absolute atomic E-state index is 12.3. The molecule has 0 atom stereocenters. The van der Waals surface area contributed by atoms with Crippen LogP contribution < -0.4 is 4.90 Å². The van der Waals surface area contributed by atoms with E-state index in [1.165, 1.54) is 11.9 Å². The van der Waals surface area contributed by atoms with Crippen LogP contribution in [-0.2, 0) is 12.8 Å². The molecule has 17 heavy (non-hydrogen) atoms. The van der Waals surface area contributed by atoms with Gasteiger partial charge in [-0.15, -0.1) is 0 Å². The molecule has 5 heteroatoms. The van der Waals surface area contributed by atoms with Crippen LogP contribution in [0, 0.1) is 11.3 Å². The highest BCUT2D eigenvalue weighted by molar-refractivity contribution is 5.56. The highest BCUT2D eigenvalue weighted by Gasteiger charge is 2.19. The fraction of sp³-hybridized carbons (Fsp3) is 0.500. The quantitative estimate of drug-likeness (QED) is 0.808. The van der Waals surface area contributed by atoms with Gasteiger partial charge in [-0.05, 0) is 30.9 Å². The number of anilines is 1. The van der Waals surface area contributed by atoms with E-state index >= 15 is 0 Å². The molecule has 1 aliphatic carbocycles. The minimum Gasteiger partial charge on any atom is -0.353 e. The molecule has 1 aromatic heterocycles. The molecular weight excluding hydrogens is 224 g/mol. The molecule has 0 amide bonds. The molecule has 0 unspecified atom stereocenters. The molecule has 0 fully saturated rings. The number of rotatable bonds is 3. The molecule has 0 saturated heterocycles. The zero-order valence-electron chi connectivity index (χ0n) is 9.58. The van der Waals surface area contributed by atoms with Gasteiger partial charge in [0.05, 0.1) is 12.1 Å². The van der Waals surface area contributed by atoms with Crippen molar-refractivity contribution in [1.29, 1.82) is 5.26 Å². The summed E-state index contributed by atoms with van der Waals surface area (Å²) in [5.74, 6) is 0.369. The Morgan fingerprint density at radius 1 is 1.53 bits per heavy atom. The summed E-state index contributed by atoms with van der Waals surface area (Å²) in [6.45, 7) is -0.402. The van der Waals surface area contributed by atoms with Crippen LogP contribution in [0.4, 0.5) is 14.6 Å². The molecule has 0 aromatic carbocycles. The van der Waals surface area contributed by atoms with E-state index in [0.717, 1.165) is 30.5 Å². The number of pyridine rings is 1. The fourth-order valence-electron chi connectivity index (χ4n) is 2.13. The van der Waals surface area contributed by atoms with Gasteiger partial charge in [-0.3, -0.25) is 0 Å². The molecule has 90 valence electrons. The van der Waals surface area contributed by atoms with Gasteiger partial charge in [-0.2, -0.15) is 5.26 Å². The maximum atomic E-state index is 12.3. The largest absolute Gasteiger partial charge is 0.353 e. The van der Waals surface area contributed by atoms with Crippen molar-refractivity contribution in [2.75, 3.05) is 18.5 Å². The number of nitrogens with zero attached hydrogens (tertiary/aromatic N) is 3. The lowest BCUT2D eigenvalue weighted by Crippen LogP contribution is -2.26. The Kier molecular flexibility index (Phi) is 3.23. The zero-order valence-corrected chi connectivity index (χ0v) is 9.58. The minimum absolute atomic E-state index is 0.369. The Hall–Kier alpha value is -1.70. The molecule has 1 aliphatic rings. The summed E-state index contributed by atoms with van der Waals surface area (Å²) < 4.78 is 24.7. The Morgan fingerprint density at radius 2 is 2.29 bits per heavy atom. The second-order valence-electron chi connectivity index (χ2n) is 4.20. The number of hydrogen-bond donors (Lipinski definition) is 0. The third-order valence-electron chi connectivity index (χ3n) is 2.92. The molecule has 1 heterocycles. The van der Waals surface area contributed by atoms with Gasteiger partial charge in [0, 0.05) is 12.7 Å². The Bertz CT molecular complexity index is 466. The van der Waals surface area contributed by atoms with Gasteiger partial charge in [0.2, 0.25) is 0 Å². The summed E-state index contributed by atoms with van der Waals surface area (Å²) >= 11 is 0.